The number of fused-ring (bicyclic) bond motifs is 1. The van der Waals surface area contributed by atoms with E-state index in [1.165, 1.54) is 11.3 Å². The van der Waals surface area contributed by atoms with Crippen molar-refractivity contribution < 1.29 is 4.79 Å². The van der Waals surface area contributed by atoms with E-state index in [0.29, 0.717) is 23.0 Å². The van der Waals surface area contributed by atoms with Crippen LogP contribution in [0.15, 0.2) is 54.0 Å². The number of para-hydroxylation sites is 1. The second kappa shape index (κ2) is 7.74. The van der Waals surface area contributed by atoms with Gasteiger partial charge in [0.2, 0.25) is 0 Å². The maximum atomic E-state index is 13.4. The van der Waals surface area contributed by atoms with Crippen LogP contribution in [-0.4, -0.2) is 47.0 Å². The fourth-order valence-electron chi connectivity index (χ4n) is 3.57. The maximum absolute atomic E-state index is 13.4. The van der Waals surface area contributed by atoms with Crippen LogP contribution in [0.5, 0.6) is 0 Å². The Morgan fingerprint density at radius 2 is 1.90 bits per heavy atom. The number of benzene rings is 1. The third-order valence-electron chi connectivity index (χ3n) is 5.03. The Labute approximate surface area is 181 Å². The zero-order valence-corrected chi connectivity index (χ0v) is 17.8. The zero-order valence-electron chi connectivity index (χ0n) is 15.4. The highest BCUT2D eigenvalue weighted by atomic mass is 35.5. The van der Waals surface area contributed by atoms with E-state index in [9.17, 15) is 4.79 Å². The van der Waals surface area contributed by atoms with Gasteiger partial charge in [0, 0.05) is 43.1 Å². The summed E-state index contributed by atoms with van der Waals surface area (Å²) in [6.45, 7) is 2.93. The Kier molecular flexibility index (Phi) is 4.95. The van der Waals surface area contributed by atoms with E-state index in [1.807, 2.05) is 58.9 Å². The van der Waals surface area contributed by atoms with Crippen LogP contribution in [0.1, 0.15) is 10.4 Å². The van der Waals surface area contributed by atoms with E-state index in [2.05, 4.69) is 9.88 Å². The number of thiazole rings is 1. The number of thiophene rings is 1. The summed E-state index contributed by atoms with van der Waals surface area (Å²) >= 11 is 9.22. The topological polar surface area (TPSA) is 49.3 Å². The molecule has 1 aliphatic heterocycles. The van der Waals surface area contributed by atoms with Crippen LogP contribution in [0.2, 0.25) is 4.34 Å². The zero-order chi connectivity index (χ0) is 19.8. The quantitative estimate of drug-likeness (QED) is 0.448. The number of amides is 1. The molecule has 0 radical (unpaired) electrons. The van der Waals surface area contributed by atoms with Gasteiger partial charge in [-0.1, -0.05) is 29.8 Å². The van der Waals surface area contributed by atoms with E-state index in [0.717, 1.165) is 39.7 Å². The van der Waals surface area contributed by atoms with Crippen LogP contribution in [0.3, 0.4) is 0 Å². The van der Waals surface area contributed by atoms with E-state index >= 15 is 0 Å². The molecule has 1 aromatic carbocycles. The van der Waals surface area contributed by atoms with Gasteiger partial charge in [-0.3, -0.25) is 4.79 Å². The van der Waals surface area contributed by atoms with Crippen molar-refractivity contribution in [1.82, 2.24) is 14.9 Å². The van der Waals surface area contributed by atoms with Crippen LogP contribution in [0, 0.1) is 0 Å². The molecule has 0 saturated carbocycles. The van der Waals surface area contributed by atoms with Gasteiger partial charge in [-0.25, -0.2) is 9.97 Å². The van der Waals surface area contributed by atoms with Crippen molar-refractivity contribution in [2.45, 2.75) is 0 Å². The first-order valence-corrected chi connectivity index (χ1v) is 11.4. The number of aromatic nitrogens is 2. The molecule has 3 aromatic heterocycles. The lowest BCUT2D eigenvalue weighted by Gasteiger charge is -2.34. The molecule has 1 aliphatic rings. The fraction of sp³-hybridized carbons (Fsp3) is 0.190. The molecule has 0 bridgehead atoms. The average Bonchev–Trinajstić information content (AvgIpc) is 3.45. The van der Waals surface area contributed by atoms with Gasteiger partial charge in [-0.15, -0.1) is 22.7 Å². The molecule has 146 valence electrons. The molecule has 0 aliphatic carbocycles. The van der Waals surface area contributed by atoms with E-state index < -0.39 is 0 Å². The summed E-state index contributed by atoms with van der Waals surface area (Å²) in [6.07, 6.45) is 1.82. The number of carbonyl (C=O) groups excluding carboxylic acids is 1. The minimum Gasteiger partial charge on any atom is -0.345 e. The molecule has 4 aromatic rings. The predicted octanol–water partition coefficient (Wildman–Crippen LogP) is 5.04. The lowest BCUT2D eigenvalue weighted by atomic mass is 10.1. The number of anilines is 1. The minimum atomic E-state index is 0.0475. The van der Waals surface area contributed by atoms with Crippen molar-refractivity contribution >= 4 is 56.2 Å². The molecule has 5 rings (SSSR count). The Morgan fingerprint density at radius 1 is 1.07 bits per heavy atom. The molecule has 0 spiro atoms. The maximum Gasteiger partial charge on any atom is 0.254 e. The van der Waals surface area contributed by atoms with Crippen LogP contribution in [0.25, 0.3) is 21.5 Å². The van der Waals surface area contributed by atoms with Gasteiger partial charge in [-0.05, 0) is 24.3 Å². The first kappa shape index (κ1) is 18.5. The number of pyridine rings is 1. The molecule has 0 atom stereocenters. The Hall–Kier alpha value is -2.48. The Morgan fingerprint density at radius 3 is 2.62 bits per heavy atom. The van der Waals surface area contributed by atoms with Gasteiger partial charge in [0.1, 0.15) is 0 Å². The van der Waals surface area contributed by atoms with Gasteiger partial charge >= 0.3 is 0 Å². The second-order valence-corrected chi connectivity index (χ2v) is 9.36. The van der Waals surface area contributed by atoms with Crippen molar-refractivity contribution in [2.75, 3.05) is 31.1 Å². The van der Waals surface area contributed by atoms with Gasteiger partial charge < -0.3 is 9.80 Å². The SMILES string of the molecule is O=C(c1cc(-c2ccc(Cl)s2)nc2ccccc12)N1CCN(c2nccs2)CC1. The molecule has 29 heavy (non-hydrogen) atoms. The first-order chi connectivity index (χ1) is 14.2. The minimum absolute atomic E-state index is 0.0475. The summed E-state index contributed by atoms with van der Waals surface area (Å²) in [5, 5.41) is 3.88. The molecule has 0 unspecified atom stereocenters. The summed E-state index contributed by atoms with van der Waals surface area (Å²) in [6, 6.07) is 13.5. The van der Waals surface area contributed by atoms with Crippen molar-refractivity contribution in [3.63, 3.8) is 0 Å². The van der Waals surface area contributed by atoms with Crippen molar-refractivity contribution in [2.24, 2.45) is 0 Å². The lowest BCUT2D eigenvalue weighted by molar-refractivity contribution is 0.0748. The van der Waals surface area contributed by atoms with Crippen LogP contribution in [-0.2, 0) is 0 Å². The van der Waals surface area contributed by atoms with E-state index in [1.54, 1.807) is 11.3 Å². The lowest BCUT2D eigenvalue weighted by Crippen LogP contribution is -2.48. The number of carbonyl (C=O) groups is 1. The van der Waals surface area contributed by atoms with Crippen molar-refractivity contribution in [1.29, 1.82) is 0 Å². The van der Waals surface area contributed by atoms with E-state index in [4.69, 9.17) is 16.6 Å². The highest BCUT2D eigenvalue weighted by Gasteiger charge is 2.25. The molecule has 4 heterocycles. The molecular formula is C21H17ClN4OS2. The number of piperazine rings is 1. The van der Waals surface area contributed by atoms with Crippen LogP contribution in [0.4, 0.5) is 5.13 Å². The number of rotatable bonds is 3. The molecule has 1 fully saturated rings. The van der Waals surface area contributed by atoms with Crippen LogP contribution < -0.4 is 4.90 Å². The van der Waals surface area contributed by atoms with Gasteiger partial charge in [0.05, 0.1) is 26.0 Å². The van der Waals surface area contributed by atoms with E-state index in [-0.39, 0.29) is 5.91 Å². The molecule has 8 heteroatoms. The molecule has 0 N–H and O–H groups in total. The number of hydrogen-bond acceptors (Lipinski definition) is 6. The summed E-state index contributed by atoms with van der Waals surface area (Å²) in [4.78, 5) is 27.7. The molecule has 5 nitrogen and oxygen atoms in total. The Bertz CT molecular complexity index is 1170. The number of halogens is 1. The summed E-state index contributed by atoms with van der Waals surface area (Å²) in [7, 11) is 0. The monoisotopic (exact) mass is 440 g/mol. The summed E-state index contributed by atoms with van der Waals surface area (Å²) < 4.78 is 0.709. The van der Waals surface area contributed by atoms with Crippen molar-refractivity contribution in [3.05, 3.63) is 63.9 Å². The predicted molar refractivity (Wildman–Crippen MR) is 120 cm³/mol. The smallest absolute Gasteiger partial charge is 0.254 e. The summed E-state index contributed by atoms with van der Waals surface area (Å²) in [5.74, 6) is 0.0475. The summed E-state index contributed by atoms with van der Waals surface area (Å²) in [5.41, 5.74) is 2.29. The first-order valence-electron chi connectivity index (χ1n) is 9.28. The standard InChI is InChI=1S/C21H17ClN4OS2/c22-19-6-5-18(29-19)17-13-15(14-3-1-2-4-16(14)24-17)20(27)25-8-10-26(11-9-25)21-23-7-12-28-21/h1-7,12-13H,8-11H2. The average molecular weight is 441 g/mol. The molecular weight excluding hydrogens is 424 g/mol. The fourth-order valence-corrected chi connectivity index (χ4v) is 5.27. The third-order valence-corrected chi connectivity index (χ3v) is 7.11. The largest absolute Gasteiger partial charge is 0.345 e. The van der Waals surface area contributed by atoms with Gasteiger partial charge in [-0.2, -0.15) is 0 Å². The highest BCUT2D eigenvalue weighted by Crippen LogP contribution is 2.32. The Balaban J connectivity index is 1.46. The second-order valence-electron chi connectivity index (χ2n) is 6.77. The molecule has 1 amide bonds. The normalized spacial score (nSPS) is 14.5. The molecule has 1 saturated heterocycles. The highest BCUT2D eigenvalue weighted by molar-refractivity contribution is 7.19. The van der Waals surface area contributed by atoms with Crippen molar-refractivity contribution in [3.8, 4) is 10.6 Å². The van der Waals surface area contributed by atoms with Crippen LogP contribution >= 0.6 is 34.3 Å². The van der Waals surface area contributed by atoms with Gasteiger partial charge in [0.25, 0.3) is 5.91 Å². The number of hydrogen-bond donors (Lipinski definition) is 0. The number of nitrogens with zero attached hydrogens (tertiary/aromatic N) is 4. The van der Waals surface area contributed by atoms with Gasteiger partial charge in [0.15, 0.2) is 5.13 Å². The third kappa shape index (κ3) is 3.61.